The van der Waals surface area contributed by atoms with E-state index in [1.54, 1.807) is 6.07 Å². The maximum Gasteiger partial charge on any atom is 0.256 e. The van der Waals surface area contributed by atoms with Gasteiger partial charge in [0.1, 0.15) is 5.82 Å². The van der Waals surface area contributed by atoms with Crippen LogP contribution in [-0.2, 0) is 11.3 Å². The van der Waals surface area contributed by atoms with Crippen molar-refractivity contribution < 1.29 is 9.18 Å². The lowest BCUT2D eigenvalue weighted by molar-refractivity contribution is -0.115. The number of amides is 1. The number of nitrogens with one attached hydrogen (secondary N) is 1. The van der Waals surface area contributed by atoms with E-state index in [9.17, 15) is 9.18 Å². The maximum absolute atomic E-state index is 14.1. The largest absolute Gasteiger partial charge is 0.386 e. The highest BCUT2D eigenvalue weighted by atomic mass is 19.1. The molecule has 1 N–H and O–H groups in total. The molecular formula is C25H28FN3O. The van der Waals surface area contributed by atoms with Crippen LogP contribution in [0.2, 0.25) is 0 Å². The van der Waals surface area contributed by atoms with Crippen molar-refractivity contribution in [3.8, 4) is 0 Å². The van der Waals surface area contributed by atoms with Crippen LogP contribution in [0.1, 0.15) is 38.2 Å². The normalized spacial score (nSPS) is 26.8. The number of halogens is 1. The molecule has 5 heteroatoms. The summed E-state index contributed by atoms with van der Waals surface area (Å²) in [6.07, 6.45) is 3.45. The zero-order valence-electron chi connectivity index (χ0n) is 17.4. The van der Waals surface area contributed by atoms with Crippen LogP contribution in [0.5, 0.6) is 0 Å². The van der Waals surface area contributed by atoms with E-state index in [2.05, 4.69) is 41.4 Å². The minimum absolute atomic E-state index is 0.0477. The highest BCUT2D eigenvalue weighted by Crippen LogP contribution is 2.48. The van der Waals surface area contributed by atoms with Gasteiger partial charge in [0.05, 0.1) is 5.54 Å². The number of likely N-dealkylation sites (tertiary alicyclic amines) is 1. The lowest BCUT2D eigenvalue weighted by Crippen LogP contribution is -2.59. The van der Waals surface area contributed by atoms with E-state index in [0.717, 1.165) is 56.6 Å². The van der Waals surface area contributed by atoms with Gasteiger partial charge >= 0.3 is 0 Å². The first kappa shape index (κ1) is 19.3. The molecule has 0 unspecified atom stereocenters. The summed E-state index contributed by atoms with van der Waals surface area (Å²) in [5, 5.41) is 3.58. The van der Waals surface area contributed by atoms with E-state index in [0.29, 0.717) is 11.7 Å². The first-order valence-corrected chi connectivity index (χ1v) is 10.9. The predicted octanol–water partition coefficient (Wildman–Crippen LogP) is 4.23. The molecule has 2 aromatic carbocycles. The predicted molar refractivity (Wildman–Crippen MR) is 116 cm³/mol. The number of fused-ring (bicyclic) bond motifs is 1. The lowest BCUT2D eigenvalue weighted by Gasteiger charge is -2.49. The molecule has 2 aromatic rings. The number of hydrogen-bond donors (Lipinski definition) is 1. The van der Waals surface area contributed by atoms with Crippen LogP contribution in [0.15, 0.2) is 65.9 Å². The number of benzene rings is 2. The van der Waals surface area contributed by atoms with Crippen molar-refractivity contribution in [3.05, 3.63) is 77.2 Å². The van der Waals surface area contributed by atoms with Gasteiger partial charge in [-0.2, -0.15) is 0 Å². The Morgan fingerprint density at radius 1 is 1.17 bits per heavy atom. The van der Waals surface area contributed by atoms with Gasteiger partial charge in [-0.3, -0.25) is 14.6 Å². The number of carbonyl (C=O) groups excluding carboxylic acids is 1. The Bertz CT molecular complexity index is 989. The topological polar surface area (TPSA) is 35.6 Å². The summed E-state index contributed by atoms with van der Waals surface area (Å²) in [5.41, 5.74) is 3.55. The maximum atomic E-state index is 14.1. The molecular weight excluding hydrogens is 377 g/mol. The summed E-state index contributed by atoms with van der Waals surface area (Å²) < 4.78 is 14.1. The summed E-state index contributed by atoms with van der Waals surface area (Å²) in [4.78, 5) is 17.9. The molecule has 0 aromatic heterocycles. The highest BCUT2D eigenvalue weighted by molar-refractivity contribution is 6.11. The van der Waals surface area contributed by atoms with E-state index in [4.69, 9.17) is 0 Å². The lowest BCUT2D eigenvalue weighted by atomic mass is 9.79. The van der Waals surface area contributed by atoms with E-state index in [-0.39, 0.29) is 11.7 Å². The Balaban J connectivity index is 1.49. The van der Waals surface area contributed by atoms with Crippen molar-refractivity contribution in [2.75, 3.05) is 18.0 Å². The Hall–Kier alpha value is -2.66. The molecule has 1 saturated heterocycles. The fourth-order valence-electron chi connectivity index (χ4n) is 5.54. The Kier molecular flexibility index (Phi) is 4.86. The zero-order chi connectivity index (χ0) is 20.7. The van der Waals surface area contributed by atoms with Crippen molar-refractivity contribution >= 4 is 11.6 Å². The smallest absolute Gasteiger partial charge is 0.256 e. The van der Waals surface area contributed by atoms with Gasteiger partial charge in [0.15, 0.2) is 0 Å². The van der Waals surface area contributed by atoms with Gasteiger partial charge < -0.3 is 5.32 Å². The van der Waals surface area contributed by atoms with Crippen LogP contribution < -0.4 is 10.2 Å². The number of anilines is 1. The third-order valence-electron chi connectivity index (χ3n) is 6.93. The standard InChI is InChI=1S/C25H28FN3O/c1-18-16-25(12-14-28(18)17-19-7-3-2-4-8-19)23-22(11-6-13-27-23)24(30)29(25)21-10-5-9-20(26)15-21/h2-5,7-10,15,18,27H,6,11-14,16-17H2,1H3/t18-,25+/m1/s1. The summed E-state index contributed by atoms with van der Waals surface area (Å²) in [6, 6.07) is 17.3. The number of hydrogen-bond acceptors (Lipinski definition) is 3. The Morgan fingerprint density at radius 2 is 2.00 bits per heavy atom. The third-order valence-corrected chi connectivity index (χ3v) is 6.93. The van der Waals surface area contributed by atoms with E-state index >= 15 is 0 Å². The minimum atomic E-state index is -0.409. The van der Waals surface area contributed by atoms with Gasteiger partial charge in [0, 0.05) is 42.6 Å². The minimum Gasteiger partial charge on any atom is -0.386 e. The second kappa shape index (κ2) is 7.55. The third kappa shape index (κ3) is 3.12. The quantitative estimate of drug-likeness (QED) is 0.830. The van der Waals surface area contributed by atoms with Gasteiger partial charge in [-0.25, -0.2) is 4.39 Å². The van der Waals surface area contributed by atoms with Gasteiger partial charge in [-0.05, 0) is 56.4 Å². The van der Waals surface area contributed by atoms with Gasteiger partial charge in [-0.15, -0.1) is 0 Å². The van der Waals surface area contributed by atoms with Crippen LogP contribution >= 0.6 is 0 Å². The van der Waals surface area contributed by atoms with Crippen molar-refractivity contribution in [3.63, 3.8) is 0 Å². The number of rotatable bonds is 3. The van der Waals surface area contributed by atoms with Crippen LogP contribution in [0.3, 0.4) is 0 Å². The SMILES string of the molecule is C[C@@H]1C[C@@]2(CCN1Cc1ccccc1)C1=C(CCCN1)C(=O)N2c1cccc(F)c1. The molecule has 156 valence electrons. The number of nitrogens with zero attached hydrogens (tertiary/aromatic N) is 2. The molecule has 0 radical (unpaired) electrons. The van der Waals surface area contributed by atoms with Crippen molar-refractivity contribution in [2.45, 2.75) is 50.7 Å². The van der Waals surface area contributed by atoms with Crippen molar-refractivity contribution in [2.24, 2.45) is 0 Å². The highest BCUT2D eigenvalue weighted by Gasteiger charge is 2.55. The molecule has 1 spiro atoms. The molecule has 1 amide bonds. The molecule has 2 atom stereocenters. The van der Waals surface area contributed by atoms with Crippen LogP contribution in [-0.4, -0.2) is 35.5 Å². The average Bonchev–Trinajstić information content (AvgIpc) is 2.99. The van der Waals surface area contributed by atoms with Crippen LogP contribution in [0.4, 0.5) is 10.1 Å². The molecule has 3 heterocycles. The van der Waals surface area contributed by atoms with Gasteiger partial charge in [-0.1, -0.05) is 36.4 Å². The number of carbonyl (C=O) groups is 1. The van der Waals surface area contributed by atoms with E-state index in [1.807, 2.05) is 17.0 Å². The first-order valence-electron chi connectivity index (χ1n) is 10.9. The Morgan fingerprint density at radius 3 is 2.77 bits per heavy atom. The van der Waals surface area contributed by atoms with E-state index < -0.39 is 5.54 Å². The molecule has 3 aliphatic rings. The molecule has 0 aliphatic carbocycles. The molecule has 30 heavy (non-hydrogen) atoms. The molecule has 1 fully saturated rings. The summed E-state index contributed by atoms with van der Waals surface area (Å²) in [7, 11) is 0. The van der Waals surface area contributed by atoms with Crippen LogP contribution in [0, 0.1) is 5.82 Å². The van der Waals surface area contributed by atoms with Gasteiger partial charge in [0.25, 0.3) is 5.91 Å². The zero-order valence-corrected chi connectivity index (χ0v) is 17.4. The monoisotopic (exact) mass is 405 g/mol. The second-order valence-corrected chi connectivity index (χ2v) is 8.80. The molecule has 3 aliphatic heterocycles. The fraction of sp³-hybridized carbons (Fsp3) is 0.400. The molecule has 5 rings (SSSR count). The van der Waals surface area contributed by atoms with Gasteiger partial charge in [0.2, 0.25) is 0 Å². The summed E-state index contributed by atoms with van der Waals surface area (Å²) in [5.74, 6) is -0.255. The fourth-order valence-corrected chi connectivity index (χ4v) is 5.54. The summed E-state index contributed by atoms with van der Waals surface area (Å²) >= 11 is 0. The summed E-state index contributed by atoms with van der Waals surface area (Å²) in [6.45, 7) is 4.95. The van der Waals surface area contributed by atoms with Crippen molar-refractivity contribution in [1.82, 2.24) is 10.2 Å². The molecule has 4 nitrogen and oxygen atoms in total. The number of piperidine rings is 1. The van der Waals surface area contributed by atoms with Crippen molar-refractivity contribution in [1.29, 1.82) is 0 Å². The van der Waals surface area contributed by atoms with Crippen LogP contribution in [0.25, 0.3) is 0 Å². The first-order chi connectivity index (χ1) is 14.6. The Labute approximate surface area is 177 Å². The van der Waals surface area contributed by atoms with E-state index in [1.165, 1.54) is 17.7 Å². The second-order valence-electron chi connectivity index (χ2n) is 8.80. The molecule has 0 bridgehead atoms. The molecule has 0 saturated carbocycles. The average molecular weight is 406 g/mol.